The van der Waals surface area contributed by atoms with Crippen molar-refractivity contribution in [2.45, 2.75) is 32.8 Å². The number of nitrogens with one attached hydrogen (secondary N) is 1. The van der Waals surface area contributed by atoms with Crippen molar-refractivity contribution in [2.75, 3.05) is 6.54 Å². The highest BCUT2D eigenvalue weighted by molar-refractivity contribution is 5.96. The normalized spacial score (nSPS) is 11.4. The third-order valence-corrected chi connectivity index (χ3v) is 2.50. The third-order valence-electron chi connectivity index (χ3n) is 2.50. The van der Waals surface area contributed by atoms with Gasteiger partial charge < -0.3 is 15.8 Å². The fourth-order valence-electron chi connectivity index (χ4n) is 1.65. The van der Waals surface area contributed by atoms with Crippen molar-refractivity contribution in [1.29, 1.82) is 0 Å². The van der Waals surface area contributed by atoms with E-state index in [2.05, 4.69) is 5.32 Å². The lowest BCUT2D eigenvalue weighted by atomic mass is 10.1. The fourth-order valence-corrected chi connectivity index (χ4v) is 1.65. The van der Waals surface area contributed by atoms with Gasteiger partial charge in [-0.3, -0.25) is 4.79 Å². The second-order valence-electron chi connectivity index (χ2n) is 5.57. The number of hydrogen-bond acceptors (Lipinski definition) is 3. The minimum atomic E-state index is -0.500. The largest absolute Gasteiger partial charge is 0.444 e. The first kappa shape index (κ1) is 16.8. The summed E-state index contributed by atoms with van der Waals surface area (Å²) in [6, 6.07) is 7.10. The molecule has 0 spiro atoms. The van der Waals surface area contributed by atoms with Gasteiger partial charge in [0.05, 0.1) is 0 Å². The van der Waals surface area contributed by atoms with Gasteiger partial charge in [-0.15, -0.1) is 0 Å². The number of carbonyl (C=O) groups excluding carboxylic acids is 2. The van der Waals surface area contributed by atoms with Crippen LogP contribution in [0.2, 0.25) is 0 Å². The molecule has 5 heteroatoms. The highest BCUT2D eigenvalue weighted by atomic mass is 16.6. The van der Waals surface area contributed by atoms with Gasteiger partial charge in [-0.25, -0.2) is 4.79 Å². The topological polar surface area (TPSA) is 81.4 Å². The first-order valence-electron chi connectivity index (χ1n) is 6.82. The molecule has 0 saturated carbocycles. The average molecular weight is 290 g/mol. The van der Waals surface area contributed by atoms with E-state index in [1.54, 1.807) is 12.1 Å². The SMILES string of the molecule is CC(C)(C)OC(=O)NCCC=Cc1ccccc1C(N)=O. The lowest BCUT2D eigenvalue weighted by molar-refractivity contribution is 0.0528. The van der Waals surface area contributed by atoms with Gasteiger partial charge in [-0.1, -0.05) is 30.4 Å². The van der Waals surface area contributed by atoms with Gasteiger partial charge in [0.25, 0.3) is 0 Å². The van der Waals surface area contributed by atoms with Crippen LogP contribution in [0, 0.1) is 0 Å². The first-order valence-corrected chi connectivity index (χ1v) is 6.82. The molecule has 0 bridgehead atoms. The quantitative estimate of drug-likeness (QED) is 0.818. The Balaban J connectivity index is 2.43. The smallest absolute Gasteiger partial charge is 0.407 e. The molecule has 0 saturated heterocycles. The molecule has 1 aromatic rings. The second kappa shape index (κ2) is 7.47. The maximum atomic E-state index is 11.4. The minimum absolute atomic E-state index is 0.437. The summed E-state index contributed by atoms with van der Waals surface area (Å²) in [4.78, 5) is 22.7. The van der Waals surface area contributed by atoms with Crippen LogP contribution in [0.1, 0.15) is 43.1 Å². The Bertz CT molecular complexity index is 531. The molecule has 3 N–H and O–H groups in total. The lowest BCUT2D eigenvalue weighted by Crippen LogP contribution is -2.32. The third kappa shape index (κ3) is 6.61. The molecule has 0 fully saturated rings. The molecular weight excluding hydrogens is 268 g/mol. The Hall–Kier alpha value is -2.30. The highest BCUT2D eigenvalue weighted by Crippen LogP contribution is 2.10. The number of primary amides is 1. The van der Waals surface area contributed by atoms with Crippen LogP contribution in [-0.4, -0.2) is 24.1 Å². The molecule has 2 amide bonds. The van der Waals surface area contributed by atoms with Crippen molar-refractivity contribution in [3.05, 3.63) is 41.5 Å². The van der Waals surface area contributed by atoms with E-state index in [9.17, 15) is 9.59 Å². The number of carbonyl (C=O) groups is 2. The van der Waals surface area contributed by atoms with E-state index in [1.807, 2.05) is 45.1 Å². The monoisotopic (exact) mass is 290 g/mol. The van der Waals surface area contributed by atoms with Gasteiger partial charge in [0.15, 0.2) is 0 Å². The Morgan fingerprint density at radius 3 is 2.57 bits per heavy atom. The minimum Gasteiger partial charge on any atom is -0.444 e. The molecule has 114 valence electrons. The zero-order chi connectivity index (χ0) is 15.9. The zero-order valence-electron chi connectivity index (χ0n) is 12.7. The fraction of sp³-hybridized carbons (Fsp3) is 0.375. The Kier molecular flexibility index (Phi) is 5.96. The van der Waals surface area contributed by atoms with Crippen molar-refractivity contribution in [3.63, 3.8) is 0 Å². The van der Waals surface area contributed by atoms with Crippen LogP contribution in [0.3, 0.4) is 0 Å². The number of benzene rings is 1. The van der Waals surface area contributed by atoms with Crippen LogP contribution in [0.15, 0.2) is 30.3 Å². The van der Waals surface area contributed by atoms with Gasteiger partial charge in [0.2, 0.25) is 5.91 Å². The van der Waals surface area contributed by atoms with E-state index in [-0.39, 0.29) is 0 Å². The van der Waals surface area contributed by atoms with E-state index in [1.165, 1.54) is 0 Å². The van der Waals surface area contributed by atoms with Crippen LogP contribution < -0.4 is 11.1 Å². The maximum absolute atomic E-state index is 11.4. The van der Waals surface area contributed by atoms with Crippen LogP contribution in [0.25, 0.3) is 6.08 Å². The number of nitrogens with two attached hydrogens (primary N) is 1. The van der Waals surface area contributed by atoms with Gasteiger partial charge in [-0.05, 0) is 38.8 Å². The molecule has 0 aliphatic heterocycles. The Labute approximate surface area is 125 Å². The Morgan fingerprint density at radius 1 is 1.29 bits per heavy atom. The van der Waals surface area contributed by atoms with Crippen molar-refractivity contribution in [1.82, 2.24) is 5.32 Å². The number of alkyl carbamates (subject to hydrolysis) is 1. The van der Waals surface area contributed by atoms with Gasteiger partial charge >= 0.3 is 6.09 Å². The van der Waals surface area contributed by atoms with Crippen molar-refractivity contribution in [3.8, 4) is 0 Å². The molecule has 1 aromatic carbocycles. The molecule has 0 aliphatic carbocycles. The molecule has 0 heterocycles. The summed E-state index contributed by atoms with van der Waals surface area (Å²) in [6.07, 6.45) is 3.89. The van der Waals surface area contributed by atoms with E-state index in [4.69, 9.17) is 10.5 Å². The number of hydrogen-bond donors (Lipinski definition) is 2. The van der Waals surface area contributed by atoms with Crippen LogP contribution in [0.5, 0.6) is 0 Å². The van der Waals surface area contributed by atoms with E-state index in [0.717, 1.165) is 5.56 Å². The maximum Gasteiger partial charge on any atom is 0.407 e. The molecule has 0 radical (unpaired) electrons. The Morgan fingerprint density at radius 2 is 1.95 bits per heavy atom. The molecule has 0 unspecified atom stereocenters. The second-order valence-corrected chi connectivity index (χ2v) is 5.57. The summed E-state index contributed by atoms with van der Waals surface area (Å²) in [6.45, 7) is 5.90. The molecule has 0 aliphatic rings. The summed E-state index contributed by atoms with van der Waals surface area (Å²) in [5.74, 6) is -0.456. The summed E-state index contributed by atoms with van der Waals surface area (Å²) in [7, 11) is 0. The van der Waals surface area contributed by atoms with Crippen molar-refractivity contribution >= 4 is 18.1 Å². The summed E-state index contributed by atoms with van der Waals surface area (Å²) < 4.78 is 5.12. The number of amides is 2. The average Bonchev–Trinajstić information content (AvgIpc) is 2.36. The van der Waals surface area contributed by atoms with Crippen molar-refractivity contribution in [2.24, 2.45) is 5.73 Å². The van der Waals surface area contributed by atoms with Crippen LogP contribution in [0.4, 0.5) is 4.79 Å². The molecule has 5 nitrogen and oxygen atoms in total. The first-order chi connectivity index (χ1) is 9.79. The molecule has 0 aromatic heterocycles. The number of rotatable bonds is 5. The summed E-state index contributed by atoms with van der Waals surface area (Å²) in [5.41, 5.74) is 6.04. The predicted octanol–water partition coefficient (Wildman–Crippen LogP) is 2.71. The van der Waals surface area contributed by atoms with Gasteiger partial charge in [0, 0.05) is 12.1 Å². The standard InChI is InChI=1S/C16H22N2O3/c1-16(2,3)21-15(20)18-11-7-6-9-12-8-4-5-10-13(12)14(17)19/h4-6,8-10H,7,11H2,1-3H3,(H2,17,19)(H,18,20). The van der Waals surface area contributed by atoms with Crippen molar-refractivity contribution < 1.29 is 14.3 Å². The van der Waals surface area contributed by atoms with E-state index < -0.39 is 17.6 Å². The molecule has 21 heavy (non-hydrogen) atoms. The van der Waals surface area contributed by atoms with E-state index in [0.29, 0.717) is 18.5 Å². The van der Waals surface area contributed by atoms with E-state index >= 15 is 0 Å². The van der Waals surface area contributed by atoms with Gasteiger partial charge in [0.1, 0.15) is 5.60 Å². The molecular formula is C16H22N2O3. The predicted molar refractivity (Wildman–Crippen MR) is 82.8 cm³/mol. The molecule has 1 rings (SSSR count). The summed E-state index contributed by atoms with van der Waals surface area (Å²) >= 11 is 0. The summed E-state index contributed by atoms with van der Waals surface area (Å²) in [5, 5.41) is 2.66. The molecule has 0 atom stereocenters. The zero-order valence-corrected chi connectivity index (χ0v) is 12.7. The highest BCUT2D eigenvalue weighted by Gasteiger charge is 2.15. The van der Waals surface area contributed by atoms with Crippen LogP contribution >= 0.6 is 0 Å². The van der Waals surface area contributed by atoms with Gasteiger partial charge in [-0.2, -0.15) is 0 Å². The van der Waals surface area contributed by atoms with Crippen LogP contribution in [-0.2, 0) is 4.74 Å². The lowest BCUT2D eigenvalue weighted by Gasteiger charge is -2.19. The number of ether oxygens (including phenoxy) is 1.